The Bertz CT molecular complexity index is 316. The van der Waals surface area contributed by atoms with Crippen LogP contribution < -0.4 is 5.32 Å². The first kappa shape index (κ1) is 8.20. The average Bonchev–Trinajstić information content (AvgIpc) is 2.26. The van der Waals surface area contributed by atoms with Crippen molar-refractivity contribution in [2.24, 2.45) is 5.41 Å². The predicted octanol–water partition coefficient (Wildman–Crippen LogP) is -1.37. The number of carboxylic acid groups (broad SMARTS) is 1. The lowest BCUT2D eigenvalue weighted by atomic mass is 9.88. The van der Waals surface area contributed by atoms with Gasteiger partial charge in [0.15, 0.2) is 0 Å². The monoisotopic (exact) mass is 168 g/mol. The van der Waals surface area contributed by atoms with Crippen LogP contribution in [0.3, 0.4) is 0 Å². The van der Waals surface area contributed by atoms with E-state index in [0.29, 0.717) is 0 Å². The normalized spacial score (nSPS) is 27.9. The van der Waals surface area contributed by atoms with Crippen molar-refractivity contribution in [1.29, 1.82) is 5.26 Å². The number of carboxylic acids is 1. The van der Waals surface area contributed by atoms with Crippen molar-refractivity contribution in [2.75, 3.05) is 0 Å². The highest BCUT2D eigenvalue weighted by atomic mass is 16.4. The second-order valence-electron chi connectivity index (χ2n) is 2.38. The highest BCUT2D eigenvalue weighted by Gasteiger charge is 2.54. The zero-order valence-electron chi connectivity index (χ0n) is 5.83. The number of nitriles is 1. The quantitative estimate of drug-likeness (QED) is 0.371. The van der Waals surface area contributed by atoms with Gasteiger partial charge in [0.1, 0.15) is 0 Å². The van der Waals surface area contributed by atoms with E-state index < -0.39 is 29.6 Å². The highest BCUT2D eigenvalue weighted by Crippen LogP contribution is 2.26. The zero-order valence-corrected chi connectivity index (χ0v) is 5.83. The van der Waals surface area contributed by atoms with E-state index in [2.05, 4.69) is 0 Å². The number of hydrogen-bond donors (Lipinski definition) is 2. The summed E-state index contributed by atoms with van der Waals surface area (Å²) in [4.78, 5) is 31.9. The molecule has 0 radical (unpaired) electrons. The van der Waals surface area contributed by atoms with Crippen LogP contribution in [-0.2, 0) is 14.4 Å². The Morgan fingerprint density at radius 2 is 2.25 bits per heavy atom. The van der Waals surface area contributed by atoms with Crippen molar-refractivity contribution in [2.45, 2.75) is 6.42 Å². The lowest BCUT2D eigenvalue weighted by Crippen LogP contribution is -2.37. The van der Waals surface area contributed by atoms with Crippen LogP contribution in [0, 0.1) is 16.7 Å². The third kappa shape index (κ3) is 0.836. The van der Waals surface area contributed by atoms with E-state index in [4.69, 9.17) is 10.4 Å². The molecule has 1 unspecified atom stereocenters. The summed E-state index contributed by atoms with van der Waals surface area (Å²) >= 11 is 0. The number of nitrogens with zero attached hydrogens (tertiary/aromatic N) is 1. The number of nitrogens with one attached hydrogen (secondary N) is 1. The van der Waals surface area contributed by atoms with Crippen LogP contribution in [0.1, 0.15) is 6.42 Å². The molecule has 1 rings (SSSR count). The third-order valence-electron chi connectivity index (χ3n) is 1.62. The molecular weight excluding hydrogens is 164 g/mol. The summed E-state index contributed by atoms with van der Waals surface area (Å²) in [5.74, 6) is -3.38. The van der Waals surface area contributed by atoms with Gasteiger partial charge in [-0.1, -0.05) is 0 Å². The van der Waals surface area contributed by atoms with Gasteiger partial charge in [-0.15, -0.1) is 0 Å². The number of aliphatic carboxylic acids is 1. The van der Waals surface area contributed by atoms with Gasteiger partial charge in [-0.2, -0.15) is 5.26 Å². The summed E-state index contributed by atoms with van der Waals surface area (Å²) in [6.07, 6.45) is -0.600. The molecule has 2 amide bonds. The summed E-state index contributed by atoms with van der Waals surface area (Å²) < 4.78 is 0. The summed E-state index contributed by atoms with van der Waals surface area (Å²) in [6.45, 7) is 0. The Balaban J connectivity index is 3.13. The average molecular weight is 168 g/mol. The van der Waals surface area contributed by atoms with Crippen molar-refractivity contribution < 1.29 is 19.5 Å². The Hall–Kier alpha value is -1.90. The van der Waals surface area contributed by atoms with Crippen molar-refractivity contribution >= 4 is 17.8 Å². The largest absolute Gasteiger partial charge is 0.480 e. The summed E-state index contributed by atoms with van der Waals surface area (Å²) in [5.41, 5.74) is -2.21. The molecule has 6 nitrogen and oxygen atoms in total. The number of rotatable bonds is 1. The first-order valence-electron chi connectivity index (χ1n) is 3.02. The van der Waals surface area contributed by atoms with Crippen LogP contribution in [0.25, 0.3) is 0 Å². The highest BCUT2D eigenvalue weighted by molar-refractivity contribution is 6.17. The molecule has 1 aliphatic rings. The number of carbonyl (C=O) groups excluding carboxylic acids is 2. The van der Waals surface area contributed by atoms with E-state index in [1.54, 1.807) is 5.32 Å². The fourth-order valence-electron chi connectivity index (χ4n) is 0.909. The van der Waals surface area contributed by atoms with Crippen molar-refractivity contribution in [3.8, 4) is 6.07 Å². The Morgan fingerprint density at radius 3 is 2.42 bits per heavy atom. The number of carbonyl (C=O) groups is 3. The van der Waals surface area contributed by atoms with Gasteiger partial charge in [0.05, 0.1) is 12.5 Å². The van der Waals surface area contributed by atoms with E-state index in [1.807, 2.05) is 0 Å². The van der Waals surface area contributed by atoms with Crippen molar-refractivity contribution in [3.63, 3.8) is 0 Å². The van der Waals surface area contributed by atoms with E-state index in [-0.39, 0.29) is 0 Å². The topological polar surface area (TPSA) is 107 Å². The summed E-state index contributed by atoms with van der Waals surface area (Å²) in [5, 5.41) is 18.7. The first-order valence-corrected chi connectivity index (χ1v) is 3.02. The maximum atomic E-state index is 10.8. The van der Waals surface area contributed by atoms with Crippen LogP contribution in [0.4, 0.5) is 0 Å². The first-order chi connectivity index (χ1) is 5.53. The third-order valence-corrected chi connectivity index (χ3v) is 1.62. The SMILES string of the molecule is N#CC1(C(=O)O)CC(=O)NC1=O. The minimum Gasteiger partial charge on any atom is -0.480 e. The van der Waals surface area contributed by atoms with Gasteiger partial charge in [0.25, 0.3) is 5.91 Å². The molecule has 1 fully saturated rings. The maximum absolute atomic E-state index is 10.8. The van der Waals surface area contributed by atoms with Crippen LogP contribution in [0.2, 0.25) is 0 Å². The van der Waals surface area contributed by atoms with E-state index in [0.717, 1.165) is 0 Å². The van der Waals surface area contributed by atoms with Gasteiger partial charge in [-0.05, 0) is 0 Å². The van der Waals surface area contributed by atoms with Gasteiger partial charge in [-0.25, -0.2) is 4.79 Å². The number of amides is 2. The maximum Gasteiger partial charge on any atom is 0.334 e. The van der Waals surface area contributed by atoms with Crippen LogP contribution in [0.15, 0.2) is 0 Å². The van der Waals surface area contributed by atoms with Crippen LogP contribution in [-0.4, -0.2) is 22.9 Å². The molecule has 2 N–H and O–H groups in total. The lowest BCUT2D eigenvalue weighted by molar-refractivity contribution is -0.150. The molecule has 1 aliphatic heterocycles. The van der Waals surface area contributed by atoms with E-state index in [9.17, 15) is 14.4 Å². The van der Waals surface area contributed by atoms with Gasteiger partial charge in [-0.3, -0.25) is 14.9 Å². The molecule has 0 saturated carbocycles. The smallest absolute Gasteiger partial charge is 0.334 e. The molecule has 0 aromatic rings. The summed E-state index contributed by atoms with van der Waals surface area (Å²) in [7, 11) is 0. The molecule has 0 bridgehead atoms. The molecule has 0 aromatic carbocycles. The minimum atomic E-state index is -2.21. The molecule has 62 valence electrons. The Labute approximate surface area is 66.8 Å². The van der Waals surface area contributed by atoms with E-state index >= 15 is 0 Å². The van der Waals surface area contributed by atoms with Crippen LogP contribution >= 0.6 is 0 Å². The standard InChI is InChI=1S/C6H4N2O4/c7-2-6(5(11)12)1-3(9)8-4(6)10/h1H2,(H,11,12)(H,8,9,10). The molecule has 6 heteroatoms. The van der Waals surface area contributed by atoms with E-state index in [1.165, 1.54) is 6.07 Å². The molecule has 0 spiro atoms. The molecule has 0 aliphatic carbocycles. The summed E-state index contributed by atoms with van der Waals surface area (Å²) in [6, 6.07) is 1.32. The number of hydrogen-bond acceptors (Lipinski definition) is 4. The Kier molecular flexibility index (Phi) is 1.57. The second kappa shape index (κ2) is 2.30. The second-order valence-corrected chi connectivity index (χ2v) is 2.38. The minimum absolute atomic E-state index is 0.600. The fourth-order valence-corrected chi connectivity index (χ4v) is 0.909. The van der Waals surface area contributed by atoms with Crippen molar-refractivity contribution in [3.05, 3.63) is 0 Å². The van der Waals surface area contributed by atoms with Gasteiger partial charge in [0.2, 0.25) is 11.3 Å². The van der Waals surface area contributed by atoms with Crippen LogP contribution in [0.5, 0.6) is 0 Å². The number of imide groups is 1. The molecule has 1 saturated heterocycles. The zero-order chi connectivity index (χ0) is 9.35. The lowest BCUT2D eigenvalue weighted by Gasteiger charge is -2.07. The molecule has 0 aromatic heterocycles. The van der Waals surface area contributed by atoms with Gasteiger partial charge < -0.3 is 5.11 Å². The van der Waals surface area contributed by atoms with Gasteiger partial charge >= 0.3 is 5.97 Å². The van der Waals surface area contributed by atoms with Gasteiger partial charge in [0, 0.05) is 0 Å². The molecule has 1 atom stereocenters. The molecular formula is C6H4N2O4. The molecule has 12 heavy (non-hydrogen) atoms. The van der Waals surface area contributed by atoms with Crippen molar-refractivity contribution in [1.82, 2.24) is 5.32 Å². The molecule has 1 heterocycles. The Morgan fingerprint density at radius 1 is 1.67 bits per heavy atom. The fraction of sp³-hybridized carbons (Fsp3) is 0.333. The predicted molar refractivity (Wildman–Crippen MR) is 33.4 cm³/mol.